The van der Waals surface area contributed by atoms with Crippen LogP contribution in [-0.2, 0) is 4.79 Å². The number of carbonyl (C=O) groups is 1. The van der Waals surface area contributed by atoms with E-state index in [2.05, 4.69) is 24.5 Å². The molecule has 2 aromatic rings. The topological polar surface area (TPSA) is 64.9 Å². The molecule has 2 N–H and O–H groups in total. The third-order valence-electron chi connectivity index (χ3n) is 3.33. The lowest BCUT2D eigenvalue weighted by Crippen LogP contribution is -2.14. The average molecular weight is 305 g/mol. The lowest BCUT2D eigenvalue weighted by atomic mass is 10.0. The Labute approximate surface area is 136 Å². The monoisotopic (exact) mass is 305 g/mol. The first-order valence-electron chi connectivity index (χ1n) is 7.43. The predicted octanol–water partition coefficient (Wildman–Crippen LogP) is 4.27. The fourth-order valence-electron chi connectivity index (χ4n) is 2.01. The van der Waals surface area contributed by atoms with Gasteiger partial charge < -0.3 is 10.6 Å². The van der Waals surface area contributed by atoms with Crippen LogP contribution in [0.3, 0.4) is 0 Å². The van der Waals surface area contributed by atoms with Crippen LogP contribution in [0.5, 0.6) is 0 Å². The number of para-hydroxylation sites is 1. The van der Waals surface area contributed by atoms with Crippen LogP contribution in [0.1, 0.15) is 25.3 Å². The summed E-state index contributed by atoms with van der Waals surface area (Å²) in [6, 6.07) is 18.9. The zero-order valence-electron chi connectivity index (χ0n) is 13.2. The smallest absolute Gasteiger partial charge is 0.267 e. The summed E-state index contributed by atoms with van der Waals surface area (Å²) in [6.45, 7) is 4.23. The minimum Gasteiger partial charge on any atom is -0.360 e. The number of nitrogens with one attached hydrogen (secondary N) is 2. The van der Waals surface area contributed by atoms with E-state index in [0.29, 0.717) is 11.6 Å². The van der Waals surface area contributed by atoms with Crippen molar-refractivity contribution in [3.8, 4) is 6.07 Å². The molecule has 23 heavy (non-hydrogen) atoms. The second-order valence-electron chi connectivity index (χ2n) is 5.41. The van der Waals surface area contributed by atoms with Crippen molar-refractivity contribution in [3.63, 3.8) is 0 Å². The summed E-state index contributed by atoms with van der Waals surface area (Å²) in [5.41, 5.74) is 2.70. The third-order valence-corrected chi connectivity index (χ3v) is 3.33. The van der Waals surface area contributed by atoms with E-state index in [9.17, 15) is 10.1 Å². The van der Waals surface area contributed by atoms with Crippen molar-refractivity contribution < 1.29 is 4.79 Å². The van der Waals surface area contributed by atoms with E-state index >= 15 is 0 Å². The van der Waals surface area contributed by atoms with Gasteiger partial charge in [0.15, 0.2) is 0 Å². The lowest BCUT2D eigenvalue weighted by Gasteiger charge is -2.08. The molecule has 2 rings (SSSR count). The zero-order valence-corrected chi connectivity index (χ0v) is 13.2. The van der Waals surface area contributed by atoms with Crippen LogP contribution in [-0.4, -0.2) is 5.91 Å². The number of anilines is 2. The third kappa shape index (κ3) is 4.72. The van der Waals surface area contributed by atoms with E-state index in [1.54, 1.807) is 12.1 Å². The number of carbonyl (C=O) groups excluding carboxylic acids is 1. The fraction of sp³-hybridized carbons (Fsp3) is 0.158. The summed E-state index contributed by atoms with van der Waals surface area (Å²) < 4.78 is 0. The minimum absolute atomic E-state index is 0.0174. The van der Waals surface area contributed by atoms with E-state index in [-0.39, 0.29) is 5.57 Å². The summed E-state index contributed by atoms with van der Waals surface area (Å²) in [7, 11) is 0. The standard InChI is InChI=1S/C19H19N3O/c1-14(2)15-7-6-10-18(11-15)21-13-16(12-20)19(23)22-17-8-4-3-5-9-17/h3-11,13-14,21H,1-2H3,(H,22,23)/b16-13+. The number of benzene rings is 2. The first-order valence-corrected chi connectivity index (χ1v) is 7.43. The molecular weight excluding hydrogens is 286 g/mol. The number of rotatable bonds is 5. The maximum atomic E-state index is 12.1. The molecule has 4 heteroatoms. The van der Waals surface area contributed by atoms with E-state index < -0.39 is 5.91 Å². The molecule has 0 aromatic heterocycles. The molecule has 0 aliphatic carbocycles. The van der Waals surface area contributed by atoms with Gasteiger partial charge in [0.25, 0.3) is 5.91 Å². The highest BCUT2D eigenvalue weighted by Gasteiger charge is 2.09. The Kier molecular flexibility index (Phi) is 5.54. The Morgan fingerprint density at radius 2 is 1.78 bits per heavy atom. The normalized spacial score (nSPS) is 11.0. The first kappa shape index (κ1) is 16.3. The molecule has 0 heterocycles. The SMILES string of the molecule is CC(C)c1cccc(N/C=C(\C#N)C(=O)Nc2ccccc2)c1. The molecule has 116 valence electrons. The Bertz CT molecular complexity index is 743. The minimum atomic E-state index is -0.439. The Morgan fingerprint density at radius 1 is 1.09 bits per heavy atom. The number of amides is 1. The molecule has 0 radical (unpaired) electrons. The fourth-order valence-corrected chi connectivity index (χ4v) is 2.01. The van der Waals surface area contributed by atoms with Crippen LogP contribution >= 0.6 is 0 Å². The maximum Gasteiger partial charge on any atom is 0.267 e. The number of hydrogen-bond donors (Lipinski definition) is 2. The van der Waals surface area contributed by atoms with Crippen LogP contribution in [0.2, 0.25) is 0 Å². The van der Waals surface area contributed by atoms with Crippen molar-refractivity contribution in [2.24, 2.45) is 0 Å². The molecule has 2 aromatic carbocycles. The number of nitriles is 1. The second kappa shape index (κ2) is 7.81. The molecule has 0 atom stereocenters. The summed E-state index contributed by atoms with van der Waals surface area (Å²) in [4.78, 5) is 12.1. The van der Waals surface area contributed by atoms with Gasteiger partial charge in [0, 0.05) is 17.6 Å². The van der Waals surface area contributed by atoms with Crippen LogP contribution < -0.4 is 10.6 Å². The van der Waals surface area contributed by atoms with Gasteiger partial charge in [-0.05, 0) is 35.7 Å². The second-order valence-corrected chi connectivity index (χ2v) is 5.41. The molecular formula is C19H19N3O. The van der Waals surface area contributed by atoms with E-state index in [1.165, 1.54) is 11.8 Å². The summed E-state index contributed by atoms with van der Waals surface area (Å²) >= 11 is 0. The Morgan fingerprint density at radius 3 is 2.43 bits per heavy atom. The van der Waals surface area contributed by atoms with Gasteiger partial charge >= 0.3 is 0 Å². The highest BCUT2D eigenvalue weighted by atomic mass is 16.1. The number of nitrogens with zero attached hydrogens (tertiary/aromatic N) is 1. The quantitative estimate of drug-likeness (QED) is 0.640. The summed E-state index contributed by atoms with van der Waals surface area (Å²) in [5.74, 6) is -0.0243. The van der Waals surface area contributed by atoms with Gasteiger partial charge in [-0.3, -0.25) is 4.79 Å². The van der Waals surface area contributed by atoms with E-state index in [1.807, 2.05) is 48.5 Å². The van der Waals surface area contributed by atoms with Gasteiger partial charge in [-0.2, -0.15) is 5.26 Å². The highest BCUT2D eigenvalue weighted by Crippen LogP contribution is 2.18. The van der Waals surface area contributed by atoms with Crippen LogP contribution in [0.15, 0.2) is 66.4 Å². The zero-order chi connectivity index (χ0) is 16.7. The maximum absolute atomic E-state index is 12.1. The first-order chi connectivity index (χ1) is 11.1. The van der Waals surface area contributed by atoms with E-state index in [0.717, 1.165) is 5.69 Å². The predicted molar refractivity (Wildman–Crippen MR) is 92.9 cm³/mol. The van der Waals surface area contributed by atoms with Gasteiger partial charge in [-0.25, -0.2) is 0 Å². The largest absolute Gasteiger partial charge is 0.360 e. The highest BCUT2D eigenvalue weighted by molar-refractivity contribution is 6.06. The van der Waals surface area contributed by atoms with Crippen molar-refractivity contribution in [1.29, 1.82) is 5.26 Å². The van der Waals surface area contributed by atoms with E-state index in [4.69, 9.17) is 0 Å². The Hall–Kier alpha value is -3.06. The van der Waals surface area contributed by atoms with Crippen LogP contribution in [0, 0.1) is 11.3 Å². The van der Waals surface area contributed by atoms with Crippen molar-refractivity contribution in [2.45, 2.75) is 19.8 Å². The number of hydrogen-bond acceptors (Lipinski definition) is 3. The molecule has 0 saturated heterocycles. The molecule has 0 aliphatic rings. The molecule has 0 saturated carbocycles. The van der Waals surface area contributed by atoms with Gasteiger partial charge in [0.1, 0.15) is 11.6 Å². The molecule has 0 spiro atoms. The van der Waals surface area contributed by atoms with Crippen LogP contribution in [0.4, 0.5) is 11.4 Å². The molecule has 1 amide bonds. The van der Waals surface area contributed by atoms with Gasteiger partial charge in [0.05, 0.1) is 0 Å². The lowest BCUT2D eigenvalue weighted by molar-refractivity contribution is -0.112. The van der Waals surface area contributed by atoms with Crippen LogP contribution in [0.25, 0.3) is 0 Å². The van der Waals surface area contributed by atoms with Crippen molar-refractivity contribution in [3.05, 3.63) is 71.9 Å². The van der Waals surface area contributed by atoms with Gasteiger partial charge in [0.2, 0.25) is 0 Å². The van der Waals surface area contributed by atoms with Crippen molar-refractivity contribution >= 4 is 17.3 Å². The average Bonchev–Trinajstić information content (AvgIpc) is 2.56. The molecule has 0 unspecified atom stereocenters. The molecule has 0 aliphatic heterocycles. The van der Waals surface area contributed by atoms with Crippen molar-refractivity contribution in [2.75, 3.05) is 10.6 Å². The molecule has 4 nitrogen and oxygen atoms in total. The summed E-state index contributed by atoms with van der Waals surface area (Å²) in [6.07, 6.45) is 1.43. The Balaban J connectivity index is 2.08. The van der Waals surface area contributed by atoms with Gasteiger partial charge in [-0.1, -0.05) is 44.2 Å². The van der Waals surface area contributed by atoms with Crippen molar-refractivity contribution in [1.82, 2.24) is 0 Å². The molecule has 0 bridgehead atoms. The molecule has 0 fully saturated rings. The summed E-state index contributed by atoms with van der Waals surface area (Å²) in [5, 5.41) is 14.9. The van der Waals surface area contributed by atoms with Gasteiger partial charge in [-0.15, -0.1) is 0 Å².